The summed E-state index contributed by atoms with van der Waals surface area (Å²) in [6, 6.07) is 17.5. The van der Waals surface area contributed by atoms with Crippen molar-refractivity contribution in [2.75, 3.05) is 37.6 Å². The van der Waals surface area contributed by atoms with Gasteiger partial charge in [-0.3, -0.25) is 4.79 Å². The summed E-state index contributed by atoms with van der Waals surface area (Å²) >= 11 is 0. The Balaban J connectivity index is 1.37. The van der Waals surface area contributed by atoms with Gasteiger partial charge in [-0.1, -0.05) is 30.3 Å². The molecule has 1 heterocycles. The lowest BCUT2D eigenvalue weighted by molar-refractivity contribution is -0.0586. The summed E-state index contributed by atoms with van der Waals surface area (Å²) < 4.78 is 5.71. The van der Waals surface area contributed by atoms with Gasteiger partial charge in [-0.25, -0.2) is 4.79 Å². The quantitative estimate of drug-likeness (QED) is 0.570. The lowest BCUT2D eigenvalue weighted by Gasteiger charge is -2.35. The van der Waals surface area contributed by atoms with Crippen LogP contribution in [0.4, 0.5) is 10.5 Å². The molecule has 0 aromatic heterocycles. The van der Waals surface area contributed by atoms with Gasteiger partial charge in [0.15, 0.2) is 0 Å². The van der Waals surface area contributed by atoms with Gasteiger partial charge in [0.25, 0.3) is 5.91 Å². The van der Waals surface area contributed by atoms with Crippen LogP contribution in [-0.4, -0.2) is 61.8 Å². The first-order chi connectivity index (χ1) is 16.0. The molecule has 1 aliphatic rings. The second-order valence-corrected chi connectivity index (χ2v) is 8.54. The fraction of sp³-hybridized carbons (Fsp3) is 0.462. The van der Waals surface area contributed by atoms with E-state index in [9.17, 15) is 9.59 Å². The highest BCUT2D eigenvalue weighted by molar-refractivity contribution is 5.94. The second-order valence-electron chi connectivity index (χ2n) is 8.54. The normalized spacial score (nSPS) is 18.0. The van der Waals surface area contributed by atoms with Crippen LogP contribution < -0.4 is 15.5 Å². The number of benzene rings is 2. The van der Waals surface area contributed by atoms with Crippen molar-refractivity contribution < 1.29 is 14.3 Å². The predicted molar refractivity (Wildman–Crippen MR) is 132 cm³/mol. The van der Waals surface area contributed by atoms with E-state index in [4.69, 9.17) is 4.74 Å². The molecular formula is C26H36N4O3. The number of carbonyl (C=O) groups excluding carboxylic acids is 2. The number of hydrogen-bond donors (Lipinski definition) is 2. The van der Waals surface area contributed by atoms with E-state index < -0.39 is 0 Å². The number of nitrogens with one attached hydrogen (secondary N) is 2. The molecule has 178 valence electrons. The van der Waals surface area contributed by atoms with Gasteiger partial charge < -0.3 is 25.2 Å². The maximum absolute atomic E-state index is 12.8. The lowest BCUT2D eigenvalue weighted by atomic mass is 10.1. The summed E-state index contributed by atoms with van der Waals surface area (Å²) in [5.74, 6) is 0.0193. The van der Waals surface area contributed by atoms with E-state index in [1.807, 2.05) is 61.2 Å². The predicted octanol–water partition coefficient (Wildman–Crippen LogP) is 3.65. The summed E-state index contributed by atoms with van der Waals surface area (Å²) in [6.07, 6.45) is 0.956. The molecule has 2 unspecified atom stereocenters. The van der Waals surface area contributed by atoms with Gasteiger partial charge >= 0.3 is 6.03 Å². The Kier molecular flexibility index (Phi) is 9.13. The zero-order chi connectivity index (χ0) is 23.6. The first-order valence-corrected chi connectivity index (χ1v) is 11.8. The van der Waals surface area contributed by atoms with Gasteiger partial charge in [0.2, 0.25) is 0 Å². The summed E-state index contributed by atoms with van der Waals surface area (Å²) in [7, 11) is 0. The third kappa shape index (κ3) is 7.49. The summed E-state index contributed by atoms with van der Waals surface area (Å²) in [5, 5.41) is 5.80. The van der Waals surface area contributed by atoms with Crippen molar-refractivity contribution in [1.29, 1.82) is 0 Å². The van der Waals surface area contributed by atoms with Crippen molar-refractivity contribution in [3.05, 3.63) is 65.7 Å². The largest absolute Gasteiger partial charge is 0.372 e. The maximum Gasteiger partial charge on any atom is 0.315 e. The van der Waals surface area contributed by atoms with E-state index in [0.717, 1.165) is 25.1 Å². The molecule has 7 heteroatoms. The van der Waals surface area contributed by atoms with E-state index in [-0.39, 0.29) is 24.1 Å². The fourth-order valence-corrected chi connectivity index (χ4v) is 4.12. The molecule has 0 spiro atoms. The molecule has 0 saturated carbocycles. The van der Waals surface area contributed by atoms with Gasteiger partial charge in [-0.2, -0.15) is 0 Å². The molecular weight excluding hydrogens is 416 g/mol. The summed E-state index contributed by atoms with van der Waals surface area (Å²) in [6.45, 7) is 10.2. The zero-order valence-electron chi connectivity index (χ0n) is 19.9. The Bertz CT molecular complexity index is 878. The topological polar surface area (TPSA) is 73.9 Å². The van der Waals surface area contributed by atoms with Crippen molar-refractivity contribution in [3.8, 4) is 0 Å². The minimum absolute atomic E-state index is 0.0193. The second kappa shape index (κ2) is 12.3. The molecule has 3 amide bonds. The Morgan fingerprint density at radius 2 is 1.67 bits per heavy atom. The molecule has 7 nitrogen and oxygen atoms in total. The minimum Gasteiger partial charge on any atom is -0.372 e. The molecule has 1 saturated heterocycles. The molecule has 2 aromatic rings. The minimum atomic E-state index is -0.186. The van der Waals surface area contributed by atoms with Crippen LogP contribution in [0.15, 0.2) is 54.6 Å². The van der Waals surface area contributed by atoms with Crippen LogP contribution in [-0.2, 0) is 11.3 Å². The number of nitrogens with zero attached hydrogens (tertiary/aromatic N) is 2. The molecule has 33 heavy (non-hydrogen) atoms. The standard InChI is InChI=1S/C26H36N4O3/c1-4-29(24-9-6-5-7-10-24)16-8-15-27-26(32)28-17-22-11-13-23(14-12-22)25(31)30-18-20(2)33-21(3)19-30/h5-7,9-14,20-21H,4,8,15-19H2,1-3H3,(H2,27,28,32). The first-order valence-electron chi connectivity index (χ1n) is 11.8. The van der Waals surface area contributed by atoms with Crippen molar-refractivity contribution in [2.24, 2.45) is 0 Å². The van der Waals surface area contributed by atoms with Gasteiger partial charge in [0.05, 0.1) is 12.2 Å². The van der Waals surface area contributed by atoms with Crippen LogP contribution >= 0.6 is 0 Å². The molecule has 1 fully saturated rings. The molecule has 0 aliphatic carbocycles. The number of ether oxygens (including phenoxy) is 1. The number of urea groups is 1. The van der Waals surface area contributed by atoms with Gasteiger partial charge in [0.1, 0.15) is 0 Å². The van der Waals surface area contributed by atoms with Crippen molar-refractivity contribution >= 4 is 17.6 Å². The van der Waals surface area contributed by atoms with Crippen molar-refractivity contribution in [2.45, 2.75) is 45.9 Å². The number of rotatable bonds is 9. The molecule has 2 atom stereocenters. The summed E-state index contributed by atoms with van der Waals surface area (Å²) in [4.78, 5) is 29.0. The van der Waals surface area contributed by atoms with Gasteiger partial charge in [-0.15, -0.1) is 0 Å². The number of amides is 3. The number of morpholine rings is 1. The number of hydrogen-bond acceptors (Lipinski definition) is 4. The van der Waals surface area contributed by atoms with Crippen LogP contribution in [0.3, 0.4) is 0 Å². The maximum atomic E-state index is 12.8. The van der Waals surface area contributed by atoms with E-state index >= 15 is 0 Å². The average molecular weight is 453 g/mol. The van der Waals surface area contributed by atoms with Crippen LogP contribution in [0, 0.1) is 0 Å². The molecule has 2 N–H and O–H groups in total. The van der Waals surface area contributed by atoms with Crippen molar-refractivity contribution in [3.63, 3.8) is 0 Å². The highest BCUT2D eigenvalue weighted by Crippen LogP contribution is 2.15. The Morgan fingerprint density at radius 1 is 1.00 bits per heavy atom. The van der Waals surface area contributed by atoms with E-state index in [1.165, 1.54) is 5.69 Å². The Morgan fingerprint density at radius 3 is 2.30 bits per heavy atom. The molecule has 3 rings (SSSR count). The monoisotopic (exact) mass is 452 g/mol. The van der Waals surface area contributed by atoms with E-state index in [1.54, 1.807) is 0 Å². The fourth-order valence-electron chi connectivity index (χ4n) is 4.12. The summed E-state index contributed by atoms with van der Waals surface area (Å²) in [5.41, 5.74) is 2.80. The SMILES string of the molecule is CCN(CCCNC(=O)NCc1ccc(C(=O)N2CC(C)OC(C)C2)cc1)c1ccccc1. The molecule has 2 aromatic carbocycles. The Hall–Kier alpha value is -3.06. The molecule has 0 bridgehead atoms. The van der Waals surface area contributed by atoms with Crippen LogP contribution in [0.1, 0.15) is 43.1 Å². The van der Waals surface area contributed by atoms with Crippen LogP contribution in [0.2, 0.25) is 0 Å². The average Bonchev–Trinajstić information content (AvgIpc) is 2.82. The third-order valence-electron chi connectivity index (χ3n) is 5.75. The van der Waals surface area contributed by atoms with Crippen LogP contribution in [0.25, 0.3) is 0 Å². The number of para-hydroxylation sites is 1. The number of carbonyl (C=O) groups is 2. The van der Waals surface area contributed by atoms with E-state index in [0.29, 0.717) is 31.7 Å². The van der Waals surface area contributed by atoms with Crippen LogP contribution in [0.5, 0.6) is 0 Å². The third-order valence-corrected chi connectivity index (χ3v) is 5.75. The molecule has 0 radical (unpaired) electrons. The van der Waals surface area contributed by atoms with Crippen molar-refractivity contribution in [1.82, 2.24) is 15.5 Å². The highest BCUT2D eigenvalue weighted by Gasteiger charge is 2.26. The smallest absolute Gasteiger partial charge is 0.315 e. The first kappa shape index (κ1) is 24.6. The Labute approximate surface area is 197 Å². The lowest BCUT2D eigenvalue weighted by Crippen LogP contribution is -2.48. The molecule has 1 aliphatic heterocycles. The number of anilines is 1. The van der Waals surface area contributed by atoms with E-state index in [2.05, 4.69) is 34.6 Å². The van der Waals surface area contributed by atoms with Gasteiger partial charge in [-0.05, 0) is 57.0 Å². The highest BCUT2D eigenvalue weighted by atomic mass is 16.5. The zero-order valence-corrected chi connectivity index (χ0v) is 19.9. The van der Waals surface area contributed by atoms with Gasteiger partial charge in [0, 0.05) is 50.5 Å².